The number of benzene rings is 2. The molecule has 3 rings (SSSR count). The number of ether oxygens (including phenoxy) is 3. The number of methoxy groups -OCH3 is 1. The average Bonchev–Trinajstić information content (AvgIpc) is 2.72. The molecule has 0 bridgehead atoms. The van der Waals surface area contributed by atoms with Gasteiger partial charge in [0.15, 0.2) is 11.5 Å². The number of halogens is 3. The molecule has 5 nitrogen and oxygen atoms in total. The van der Waals surface area contributed by atoms with Crippen molar-refractivity contribution >= 4 is 24.8 Å². The molecule has 2 aromatic rings. The van der Waals surface area contributed by atoms with E-state index < -0.39 is 0 Å². The predicted molar refractivity (Wildman–Crippen MR) is 117 cm³/mol. The van der Waals surface area contributed by atoms with E-state index in [-0.39, 0.29) is 30.6 Å². The van der Waals surface area contributed by atoms with Gasteiger partial charge in [-0.2, -0.15) is 0 Å². The molecule has 1 aliphatic rings. The molecule has 1 N–H and O–H groups in total. The van der Waals surface area contributed by atoms with Gasteiger partial charge in [0.2, 0.25) is 0 Å². The van der Waals surface area contributed by atoms with Crippen LogP contribution in [-0.4, -0.2) is 51.4 Å². The van der Waals surface area contributed by atoms with Crippen molar-refractivity contribution < 1.29 is 18.6 Å². The first-order chi connectivity index (χ1) is 13.2. The minimum absolute atomic E-state index is 0. The van der Waals surface area contributed by atoms with Gasteiger partial charge in [0, 0.05) is 32.7 Å². The lowest BCUT2D eigenvalue weighted by molar-refractivity contribution is 0.0384. The van der Waals surface area contributed by atoms with E-state index in [4.69, 9.17) is 14.2 Å². The molecule has 1 fully saturated rings. The summed E-state index contributed by atoms with van der Waals surface area (Å²) in [6.07, 6.45) is 0. The number of morpholine rings is 1. The van der Waals surface area contributed by atoms with E-state index in [1.165, 1.54) is 12.1 Å². The maximum atomic E-state index is 13.0. The minimum atomic E-state index is -0.248. The molecule has 0 radical (unpaired) electrons. The average molecular weight is 447 g/mol. The van der Waals surface area contributed by atoms with Gasteiger partial charge in [0.05, 0.1) is 20.3 Å². The third kappa shape index (κ3) is 8.36. The number of nitrogens with zero attached hydrogens (tertiary/aromatic N) is 1. The van der Waals surface area contributed by atoms with Gasteiger partial charge >= 0.3 is 0 Å². The SMILES string of the molecule is COc1cc(CNCCN2CCOCC2)ccc1OCc1ccc(F)cc1.Cl.Cl. The molecule has 0 aliphatic carbocycles. The molecule has 0 saturated carbocycles. The van der Waals surface area contributed by atoms with E-state index >= 15 is 0 Å². The van der Waals surface area contributed by atoms with Crippen LogP contribution in [0, 0.1) is 5.82 Å². The van der Waals surface area contributed by atoms with Gasteiger partial charge < -0.3 is 19.5 Å². The highest BCUT2D eigenvalue weighted by Crippen LogP contribution is 2.28. The van der Waals surface area contributed by atoms with E-state index in [2.05, 4.69) is 10.2 Å². The van der Waals surface area contributed by atoms with Crippen LogP contribution in [0.2, 0.25) is 0 Å². The molecular weight excluding hydrogens is 418 g/mol. The van der Waals surface area contributed by atoms with Crippen LogP contribution in [0.25, 0.3) is 0 Å². The van der Waals surface area contributed by atoms with E-state index in [1.54, 1.807) is 19.2 Å². The Balaban J connectivity index is 0.00000210. The van der Waals surface area contributed by atoms with Crippen molar-refractivity contribution in [3.05, 3.63) is 59.4 Å². The Labute approximate surface area is 184 Å². The maximum absolute atomic E-state index is 13.0. The number of hydrogen-bond donors (Lipinski definition) is 1. The van der Waals surface area contributed by atoms with Crippen LogP contribution >= 0.6 is 24.8 Å². The lowest BCUT2D eigenvalue weighted by Gasteiger charge is -2.26. The molecule has 1 heterocycles. The molecule has 29 heavy (non-hydrogen) atoms. The standard InChI is InChI=1S/C21H27FN2O3.2ClH/c1-25-21-14-18(15-23-8-9-24-10-12-26-13-11-24)4-7-20(21)27-16-17-2-5-19(22)6-3-17;;/h2-7,14,23H,8-13,15-16H2,1H3;2*1H. The fraction of sp³-hybridized carbons (Fsp3) is 0.429. The molecule has 0 unspecified atom stereocenters. The largest absolute Gasteiger partial charge is 0.493 e. The molecule has 1 saturated heterocycles. The quantitative estimate of drug-likeness (QED) is 0.595. The lowest BCUT2D eigenvalue weighted by atomic mass is 10.2. The molecule has 162 valence electrons. The molecule has 0 atom stereocenters. The maximum Gasteiger partial charge on any atom is 0.161 e. The second kappa shape index (κ2) is 13.6. The second-order valence-electron chi connectivity index (χ2n) is 6.53. The summed E-state index contributed by atoms with van der Waals surface area (Å²) in [7, 11) is 1.63. The Morgan fingerprint density at radius 2 is 1.69 bits per heavy atom. The normalized spacial score (nSPS) is 13.9. The summed E-state index contributed by atoms with van der Waals surface area (Å²) in [5, 5.41) is 3.47. The monoisotopic (exact) mass is 446 g/mol. The van der Waals surface area contributed by atoms with Crippen molar-refractivity contribution in [3.8, 4) is 11.5 Å². The summed E-state index contributed by atoms with van der Waals surface area (Å²) in [5.41, 5.74) is 2.05. The molecular formula is C21H29Cl2FN2O3. The highest BCUT2D eigenvalue weighted by Gasteiger charge is 2.10. The Morgan fingerprint density at radius 1 is 1.00 bits per heavy atom. The number of nitrogens with one attached hydrogen (secondary N) is 1. The van der Waals surface area contributed by atoms with Crippen LogP contribution in [0.3, 0.4) is 0 Å². The summed E-state index contributed by atoms with van der Waals surface area (Å²) < 4.78 is 29.6. The third-order valence-electron chi connectivity index (χ3n) is 4.57. The zero-order valence-corrected chi connectivity index (χ0v) is 18.2. The van der Waals surface area contributed by atoms with Gasteiger partial charge in [-0.3, -0.25) is 4.90 Å². The van der Waals surface area contributed by atoms with Gasteiger partial charge in [0.25, 0.3) is 0 Å². The van der Waals surface area contributed by atoms with Crippen LogP contribution in [0.15, 0.2) is 42.5 Å². The van der Waals surface area contributed by atoms with Gasteiger partial charge in [-0.25, -0.2) is 4.39 Å². The number of rotatable bonds is 9. The van der Waals surface area contributed by atoms with Crippen molar-refractivity contribution in [2.24, 2.45) is 0 Å². The van der Waals surface area contributed by atoms with E-state index in [0.29, 0.717) is 18.1 Å². The molecule has 0 amide bonds. The summed E-state index contributed by atoms with van der Waals surface area (Å²) in [6, 6.07) is 12.2. The summed E-state index contributed by atoms with van der Waals surface area (Å²) in [5.74, 6) is 1.13. The van der Waals surface area contributed by atoms with E-state index in [9.17, 15) is 4.39 Å². The number of hydrogen-bond acceptors (Lipinski definition) is 5. The van der Waals surface area contributed by atoms with Crippen molar-refractivity contribution in [2.75, 3.05) is 46.5 Å². The smallest absolute Gasteiger partial charge is 0.161 e. The highest BCUT2D eigenvalue weighted by atomic mass is 35.5. The second-order valence-corrected chi connectivity index (χ2v) is 6.53. The van der Waals surface area contributed by atoms with Gasteiger partial charge in [-0.05, 0) is 35.4 Å². The fourth-order valence-electron chi connectivity index (χ4n) is 2.98. The first-order valence-electron chi connectivity index (χ1n) is 9.29. The third-order valence-corrected chi connectivity index (χ3v) is 4.57. The fourth-order valence-corrected chi connectivity index (χ4v) is 2.98. The van der Waals surface area contributed by atoms with Gasteiger partial charge in [-0.15, -0.1) is 24.8 Å². The molecule has 1 aliphatic heterocycles. The topological polar surface area (TPSA) is 43.0 Å². The summed E-state index contributed by atoms with van der Waals surface area (Å²) in [6.45, 7) is 6.79. The van der Waals surface area contributed by atoms with Crippen LogP contribution in [0.5, 0.6) is 11.5 Å². The Bertz CT molecular complexity index is 714. The van der Waals surface area contributed by atoms with Crippen LogP contribution < -0.4 is 14.8 Å². The Hall–Kier alpha value is -1.57. The van der Waals surface area contributed by atoms with E-state index in [1.807, 2.05) is 18.2 Å². The molecule has 0 aromatic heterocycles. The first-order valence-corrected chi connectivity index (χ1v) is 9.29. The van der Waals surface area contributed by atoms with Crippen LogP contribution in [-0.2, 0) is 17.9 Å². The van der Waals surface area contributed by atoms with Crippen LogP contribution in [0.4, 0.5) is 4.39 Å². The van der Waals surface area contributed by atoms with Crippen LogP contribution in [0.1, 0.15) is 11.1 Å². The Morgan fingerprint density at radius 3 is 2.38 bits per heavy atom. The molecule has 2 aromatic carbocycles. The van der Waals surface area contributed by atoms with Crippen molar-refractivity contribution in [1.82, 2.24) is 10.2 Å². The van der Waals surface area contributed by atoms with E-state index in [0.717, 1.165) is 57.1 Å². The molecule has 8 heteroatoms. The van der Waals surface area contributed by atoms with Crippen molar-refractivity contribution in [2.45, 2.75) is 13.2 Å². The zero-order chi connectivity index (χ0) is 18.9. The summed E-state index contributed by atoms with van der Waals surface area (Å²) >= 11 is 0. The predicted octanol–water partition coefficient (Wildman–Crippen LogP) is 3.68. The van der Waals surface area contributed by atoms with Gasteiger partial charge in [0.1, 0.15) is 12.4 Å². The molecule has 0 spiro atoms. The Kier molecular flexibility index (Phi) is 12.0. The van der Waals surface area contributed by atoms with Crippen molar-refractivity contribution in [3.63, 3.8) is 0 Å². The minimum Gasteiger partial charge on any atom is -0.493 e. The van der Waals surface area contributed by atoms with Gasteiger partial charge in [-0.1, -0.05) is 18.2 Å². The first kappa shape index (κ1) is 25.5. The summed E-state index contributed by atoms with van der Waals surface area (Å²) in [4.78, 5) is 2.41. The van der Waals surface area contributed by atoms with Crippen molar-refractivity contribution in [1.29, 1.82) is 0 Å². The zero-order valence-electron chi connectivity index (χ0n) is 16.6. The lowest BCUT2D eigenvalue weighted by Crippen LogP contribution is -2.40. The highest BCUT2D eigenvalue weighted by molar-refractivity contribution is 5.85.